The summed E-state index contributed by atoms with van der Waals surface area (Å²) in [6.07, 6.45) is 2.82. The normalized spacial score (nSPS) is 20.8. The summed E-state index contributed by atoms with van der Waals surface area (Å²) in [7, 11) is 0. The number of nitrogens with two attached hydrogens (primary N) is 1. The predicted octanol–water partition coefficient (Wildman–Crippen LogP) is 2.65. The van der Waals surface area contributed by atoms with Crippen molar-refractivity contribution in [1.82, 2.24) is 9.88 Å². The number of likely N-dealkylation sites (tertiary alicyclic amines) is 1. The summed E-state index contributed by atoms with van der Waals surface area (Å²) in [4.78, 5) is 6.63. The minimum atomic E-state index is -0.252. The molecule has 0 bridgehead atoms. The Labute approximate surface area is 123 Å². The Hall–Kier alpha value is -1.72. The summed E-state index contributed by atoms with van der Waals surface area (Å²) in [6, 6.07) is 6.47. The molecule has 2 heterocycles. The van der Waals surface area contributed by atoms with Crippen LogP contribution in [0.3, 0.4) is 0 Å². The summed E-state index contributed by atoms with van der Waals surface area (Å²) in [6.45, 7) is 4.78. The Bertz CT molecular complexity index is 594. The molecule has 1 aliphatic heterocycles. The van der Waals surface area contributed by atoms with Crippen LogP contribution in [-0.2, 0) is 6.54 Å². The van der Waals surface area contributed by atoms with Gasteiger partial charge in [-0.3, -0.25) is 4.90 Å². The van der Waals surface area contributed by atoms with E-state index in [1.54, 1.807) is 18.3 Å². The minimum absolute atomic E-state index is 0.231. The molecule has 2 N–H and O–H groups in total. The van der Waals surface area contributed by atoms with E-state index in [1.165, 1.54) is 12.1 Å². The first-order valence-corrected chi connectivity index (χ1v) is 7.30. The highest BCUT2D eigenvalue weighted by molar-refractivity contribution is 5.55. The zero-order valence-electron chi connectivity index (χ0n) is 12.1. The lowest BCUT2D eigenvalue weighted by atomic mass is 10.0. The van der Waals surface area contributed by atoms with Crippen molar-refractivity contribution in [3.05, 3.63) is 42.2 Å². The van der Waals surface area contributed by atoms with Gasteiger partial charge in [0.25, 0.3) is 0 Å². The Kier molecular flexibility index (Phi) is 4.03. The molecule has 2 unspecified atom stereocenters. The maximum atomic E-state index is 12.9. The van der Waals surface area contributed by atoms with Crippen molar-refractivity contribution >= 4 is 0 Å². The molecule has 0 amide bonds. The second-order valence-corrected chi connectivity index (χ2v) is 5.77. The fourth-order valence-corrected chi connectivity index (χ4v) is 2.76. The molecule has 112 valence electrons. The van der Waals surface area contributed by atoms with Crippen LogP contribution < -0.4 is 5.73 Å². The van der Waals surface area contributed by atoms with Crippen molar-refractivity contribution < 1.29 is 8.81 Å². The van der Waals surface area contributed by atoms with Gasteiger partial charge in [0.1, 0.15) is 5.82 Å². The average molecular weight is 289 g/mol. The van der Waals surface area contributed by atoms with Crippen molar-refractivity contribution in [1.29, 1.82) is 0 Å². The summed E-state index contributed by atoms with van der Waals surface area (Å²) in [5, 5.41) is 0. The number of aromatic nitrogens is 1. The van der Waals surface area contributed by atoms with E-state index >= 15 is 0 Å². The van der Waals surface area contributed by atoms with Crippen molar-refractivity contribution in [3.63, 3.8) is 0 Å². The first-order chi connectivity index (χ1) is 10.1. The molecular formula is C16H20FN3O. The van der Waals surface area contributed by atoms with Crippen molar-refractivity contribution in [3.8, 4) is 11.3 Å². The predicted molar refractivity (Wildman–Crippen MR) is 78.9 cm³/mol. The fraction of sp³-hybridized carbons (Fsp3) is 0.438. The highest BCUT2D eigenvalue weighted by Crippen LogP contribution is 2.24. The SMILES string of the molecule is CC(N)C1CCN(Cc2ncc(-c3ccc(F)cc3)o2)C1. The van der Waals surface area contributed by atoms with E-state index in [2.05, 4.69) is 16.8 Å². The molecule has 1 saturated heterocycles. The molecule has 1 aliphatic rings. The highest BCUT2D eigenvalue weighted by Gasteiger charge is 2.26. The van der Waals surface area contributed by atoms with E-state index in [0.717, 1.165) is 25.1 Å². The topological polar surface area (TPSA) is 55.3 Å². The van der Waals surface area contributed by atoms with E-state index in [9.17, 15) is 4.39 Å². The Morgan fingerprint density at radius 2 is 2.19 bits per heavy atom. The van der Waals surface area contributed by atoms with E-state index in [4.69, 9.17) is 10.2 Å². The summed E-state index contributed by atoms with van der Waals surface area (Å²) in [5.74, 6) is 1.67. The van der Waals surface area contributed by atoms with Crippen LogP contribution in [0.25, 0.3) is 11.3 Å². The number of hydrogen-bond donors (Lipinski definition) is 1. The van der Waals surface area contributed by atoms with E-state index in [1.807, 2.05) is 0 Å². The van der Waals surface area contributed by atoms with Crippen LogP contribution in [0.1, 0.15) is 19.2 Å². The molecule has 0 aliphatic carbocycles. The third-order valence-corrected chi connectivity index (χ3v) is 4.09. The lowest BCUT2D eigenvalue weighted by Crippen LogP contribution is -2.29. The molecule has 4 nitrogen and oxygen atoms in total. The quantitative estimate of drug-likeness (QED) is 0.940. The number of benzene rings is 1. The van der Waals surface area contributed by atoms with Gasteiger partial charge in [-0.1, -0.05) is 0 Å². The second kappa shape index (κ2) is 5.95. The summed E-state index contributed by atoms with van der Waals surface area (Å²) < 4.78 is 18.7. The van der Waals surface area contributed by atoms with Crippen molar-refractivity contribution in [2.24, 2.45) is 11.7 Å². The molecule has 5 heteroatoms. The van der Waals surface area contributed by atoms with Crippen LogP contribution in [-0.4, -0.2) is 29.0 Å². The van der Waals surface area contributed by atoms with Gasteiger partial charge in [0.2, 0.25) is 5.89 Å². The summed E-state index contributed by atoms with van der Waals surface area (Å²) in [5.41, 5.74) is 6.79. The second-order valence-electron chi connectivity index (χ2n) is 5.77. The smallest absolute Gasteiger partial charge is 0.209 e. The first-order valence-electron chi connectivity index (χ1n) is 7.30. The van der Waals surface area contributed by atoms with Gasteiger partial charge < -0.3 is 10.2 Å². The van der Waals surface area contributed by atoms with Gasteiger partial charge in [-0.25, -0.2) is 9.37 Å². The van der Waals surface area contributed by atoms with Crippen LogP contribution in [0.15, 0.2) is 34.9 Å². The van der Waals surface area contributed by atoms with Crippen LogP contribution in [0.4, 0.5) is 4.39 Å². The van der Waals surface area contributed by atoms with Gasteiger partial charge in [-0.2, -0.15) is 0 Å². The Balaban J connectivity index is 1.64. The van der Waals surface area contributed by atoms with Gasteiger partial charge in [0.15, 0.2) is 5.76 Å². The van der Waals surface area contributed by atoms with Gasteiger partial charge in [0, 0.05) is 18.2 Å². The minimum Gasteiger partial charge on any atom is -0.439 e. The molecule has 0 saturated carbocycles. The zero-order chi connectivity index (χ0) is 14.8. The number of halogens is 1. The van der Waals surface area contributed by atoms with Crippen LogP contribution in [0.5, 0.6) is 0 Å². The fourth-order valence-electron chi connectivity index (χ4n) is 2.76. The van der Waals surface area contributed by atoms with Gasteiger partial charge in [0.05, 0.1) is 12.7 Å². The van der Waals surface area contributed by atoms with Gasteiger partial charge in [-0.05, 0) is 50.1 Å². The first kappa shape index (κ1) is 14.2. The Morgan fingerprint density at radius 1 is 1.43 bits per heavy atom. The number of hydrogen-bond acceptors (Lipinski definition) is 4. The molecule has 1 aromatic carbocycles. The molecule has 1 aromatic heterocycles. The maximum Gasteiger partial charge on any atom is 0.209 e. The lowest BCUT2D eigenvalue weighted by molar-refractivity contribution is 0.276. The molecule has 2 aromatic rings. The number of oxazole rings is 1. The zero-order valence-corrected chi connectivity index (χ0v) is 12.1. The average Bonchev–Trinajstić information content (AvgIpc) is 3.10. The lowest BCUT2D eigenvalue weighted by Gasteiger charge is -2.16. The highest BCUT2D eigenvalue weighted by atomic mass is 19.1. The number of nitrogens with zero attached hydrogens (tertiary/aromatic N) is 2. The van der Waals surface area contributed by atoms with Gasteiger partial charge >= 0.3 is 0 Å². The molecular weight excluding hydrogens is 269 g/mol. The largest absolute Gasteiger partial charge is 0.439 e. The molecule has 1 fully saturated rings. The standard InChI is InChI=1S/C16H20FN3O/c1-11(18)13-6-7-20(9-13)10-16-19-8-15(21-16)12-2-4-14(17)5-3-12/h2-5,8,11,13H,6-7,9-10,18H2,1H3. The molecule has 2 atom stereocenters. The van der Waals surface area contributed by atoms with E-state index < -0.39 is 0 Å². The molecule has 21 heavy (non-hydrogen) atoms. The van der Waals surface area contributed by atoms with Crippen LogP contribution in [0.2, 0.25) is 0 Å². The monoisotopic (exact) mass is 289 g/mol. The number of rotatable bonds is 4. The Morgan fingerprint density at radius 3 is 2.86 bits per heavy atom. The van der Waals surface area contributed by atoms with Crippen LogP contribution in [0, 0.1) is 11.7 Å². The third-order valence-electron chi connectivity index (χ3n) is 4.09. The maximum absolute atomic E-state index is 12.9. The molecule has 0 spiro atoms. The van der Waals surface area contributed by atoms with Crippen molar-refractivity contribution in [2.75, 3.05) is 13.1 Å². The van der Waals surface area contributed by atoms with Crippen molar-refractivity contribution in [2.45, 2.75) is 25.9 Å². The summed E-state index contributed by atoms with van der Waals surface area (Å²) >= 11 is 0. The van der Waals surface area contributed by atoms with E-state index in [0.29, 0.717) is 24.1 Å². The molecule has 0 radical (unpaired) electrons. The van der Waals surface area contributed by atoms with E-state index in [-0.39, 0.29) is 11.9 Å². The van der Waals surface area contributed by atoms with Gasteiger partial charge in [-0.15, -0.1) is 0 Å². The molecule has 3 rings (SSSR count). The van der Waals surface area contributed by atoms with Crippen LogP contribution >= 0.6 is 0 Å². The third kappa shape index (κ3) is 3.31.